The number of nitrogens with one attached hydrogen (secondary N) is 1. The van der Waals surface area contributed by atoms with Crippen molar-refractivity contribution in [2.45, 2.75) is 32.6 Å². The maximum atomic E-state index is 13.2. The number of aromatic nitrogens is 2. The Morgan fingerprint density at radius 3 is 2.30 bits per heavy atom. The lowest BCUT2D eigenvalue weighted by Crippen LogP contribution is -2.45. The molecule has 1 aromatic carbocycles. The number of Topliss-reactive ketones (excluding diaryl/α,β-unsaturated/α-hetero) is 1. The summed E-state index contributed by atoms with van der Waals surface area (Å²) in [7, 11) is 2.97. The highest BCUT2D eigenvalue weighted by Crippen LogP contribution is 2.47. The van der Waals surface area contributed by atoms with E-state index >= 15 is 0 Å². The summed E-state index contributed by atoms with van der Waals surface area (Å²) in [6.07, 6.45) is 0.915. The van der Waals surface area contributed by atoms with Crippen molar-refractivity contribution in [2.24, 2.45) is 19.5 Å². The number of allylic oxidation sites excluding steroid dienone is 2. The van der Waals surface area contributed by atoms with Gasteiger partial charge in [-0.1, -0.05) is 26.0 Å². The van der Waals surface area contributed by atoms with Gasteiger partial charge in [-0.05, 0) is 17.4 Å². The summed E-state index contributed by atoms with van der Waals surface area (Å²) in [5.74, 6) is -0.416. The van der Waals surface area contributed by atoms with Crippen molar-refractivity contribution in [1.29, 1.82) is 0 Å². The molecular formula is C21H22N4O5. The van der Waals surface area contributed by atoms with E-state index in [-0.39, 0.29) is 16.9 Å². The topological polar surface area (TPSA) is 116 Å². The molecule has 2 aromatic rings. The van der Waals surface area contributed by atoms with Crippen LogP contribution in [-0.4, -0.2) is 19.8 Å². The molecule has 30 heavy (non-hydrogen) atoms. The van der Waals surface area contributed by atoms with E-state index in [1.807, 2.05) is 13.8 Å². The highest BCUT2D eigenvalue weighted by atomic mass is 16.6. The molecule has 0 saturated heterocycles. The third-order valence-electron chi connectivity index (χ3n) is 5.90. The lowest BCUT2D eigenvalue weighted by molar-refractivity contribution is -0.384. The number of hydrogen-bond donors (Lipinski definition) is 1. The Hall–Kier alpha value is -3.49. The smallest absolute Gasteiger partial charge is 0.332 e. The maximum absolute atomic E-state index is 13.2. The van der Waals surface area contributed by atoms with Crippen molar-refractivity contribution in [2.75, 3.05) is 5.32 Å². The van der Waals surface area contributed by atoms with Gasteiger partial charge in [-0.15, -0.1) is 0 Å². The number of carbonyl (C=O) groups is 1. The molecule has 2 aliphatic rings. The molecule has 1 N–H and O–H groups in total. The molecule has 1 aliphatic heterocycles. The van der Waals surface area contributed by atoms with Gasteiger partial charge in [0.25, 0.3) is 11.2 Å². The normalized spacial score (nSPS) is 19.7. The first-order valence-electron chi connectivity index (χ1n) is 9.59. The van der Waals surface area contributed by atoms with E-state index in [9.17, 15) is 24.5 Å². The number of nitrogens with zero attached hydrogens (tertiary/aromatic N) is 3. The van der Waals surface area contributed by atoms with Gasteiger partial charge in [-0.3, -0.25) is 28.8 Å². The Bertz CT molecular complexity index is 1250. The average Bonchev–Trinajstić information content (AvgIpc) is 2.68. The number of ketones is 1. The standard InChI is InChI=1S/C21H22N4O5/c1-21(2)9-13-16(14(26)10-21)15(11-5-7-12(8-6-11)25(29)30)17-18(22-13)23(3)20(28)24(4)19(17)27/h5-8,15,22H,9-10H2,1-4H3/t15-/m1/s1. The number of hydrogen-bond acceptors (Lipinski definition) is 6. The minimum absolute atomic E-state index is 0.0707. The number of non-ortho nitro benzene ring substituents is 1. The lowest BCUT2D eigenvalue weighted by atomic mass is 9.69. The van der Waals surface area contributed by atoms with Crippen LogP contribution in [0.1, 0.15) is 43.7 Å². The molecule has 2 heterocycles. The highest BCUT2D eigenvalue weighted by molar-refractivity contribution is 6.01. The summed E-state index contributed by atoms with van der Waals surface area (Å²) in [5, 5.41) is 14.3. The SMILES string of the molecule is Cn1c2c(c(=O)n(C)c1=O)[C@H](c1ccc([N+](=O)[O-])cc1)C1=C(CC(C)(C)CC1=O)N2. The van der Waals surface area contributed by atoms with E-state index in [2.05, 4.69) is 5.32 Å². The third-order valence-corrected chi connectivity index (χ3v) is 5.90. The molecule has 9 nitrogen and oxygen atoms in total. The molecule has 156 valence electrons. The van der Waals surface area contributed by atoms with Crippen molar-refractivity contribution in [3.05, 3.63) is 77.6 Å². The van der Waals surface area contributed by atoms with E-state index in [1.165, 1.54) is 23.7 Å². The number of carbonyl (C=O) groups excluding carboxylic acids is 1. The fourth-order valence-corrected chi connectivity index (χ4v) is 4.47. The quantitative estimate of drug-likeness (QED) is 0.599. The summed E-state index contributed by atoms with van der Waals surface area (Å²) < 4.78 is 2.38. The largest absolute Gasteiger partial charge is 0.344 e. The summed E-state index contributed by atoms with van der Waals surface area (Å²) in [6.45, 7) is 3.99. The van der Waals surface area contributed by atoms with E-state index in [0.717, 1.165) is 4.57 Å². The van der Waals surface area contributed by atoms with Crippen molar-refractivity contribution in [3.8, 4) is 0 Å². The van der Waals surface area contributed by atoms with Crippen LogP contribution in [0.2, 0.25) is 0 Å². The Kier molecular flexibility index (Phi) is 4.30. The molecule has 0 unspecified atom stereocenters. The van der Waals surface area contributed by atoms with Crippen molar-refractivity contribution < 1.29 is 9.72 Å². The summed E-state index contributed by atoms with van der Waals surface area (Å²) >= 11 is 0. The second-order valence-corrected chi connectivity index (χ2v) is 8.71. The number of nitro benzene ring substituents is 1. The number of fused-ring (bicyclic) bond motifs is 1. The van der Waals surface area contributed by atoms with Crippen molar-refractivity contribution in [3.63, 3.8) is 0 Å². The predicted octanol–water partition coefficient (Wildman–Crippen LogP) is 2.19. The second-order valence-electron chi connectivity index (χ2n) is 8.71. The zero-order valence-corrected chi connectivity index (χ0v) is 17.2. The van der Waals surface area contributed by atoms with Gasteiger partial charge < -0.3 is 5.32 Å². The average molecular weight is 410 g/mol. The van der Waals surface area contributed by atoms with Crippen LogP contribution in [0.25, 0.3) is 0 Å². The lowest BCUT2D eigenvalue weighted by Gasteiger charge is -2.39. The number of nitro groups is 1. The van der Waals surface area contributed by atoms with Gasteiger partial charge in [0.15, 0.2) is 5.78 Å². The van der Waals surface area contributed by atoms with Crippen LogP contribution in [0.3, 0.4) is 0 Å². The fraction of sp³-hybridized carbons (Fsp3) is 0.381. The van der Waals surface area contributed by atoms with Gasteiger partial charge >= 0.3 is 5.69 Å². The Morgan fingerprint density at radius 1 is 1.07 bits per heavy atom. The van der Waals surface area contributed by atoms with Gasteiger partial charge in [0.2, 0.25) is 0 Å². The minimum atomic E-state index is -0.703. The molecule has 1 atom stereocenters. The van der Waals surface area contributed by atoms with Gasteiger partial charge in [-0.2, -0.15) is 0 Å². The first kappa shape index (κ1) is 19.8. The van der Waals surface area contributed by atoms with Gasteiger partial charge in [0.05, 0.1) is 10.5 Å². The highest BCUT2D eigenvalue weighted by Gasteiger charge is 2.42. The molecule has 1 aromatic heterocycles. The monoisotopic (exact) mass is 410 g/mol. The van der Waals surface area contributed by atoms with Crippen molar-refractivity contribution in [1.82, 2.24) is 9.13 Å². The van der Waals surface area contributed by atoms with Gasteiger partial charge in [0, 0.05) is 49.8 Å². The van der Waals surface area contributed by atoms with Crippen LogP contribution < -0.4 is 16.6 Å². The van der Waals surface area contributed by atoms with E-state index in [0.29, 0.717) is 41.1 Å². The number of rotatable bonds is 2. The molecule has 9 heteroatoms. The van der Waals surface area contributed by atoms with Crippen molar-refractivity contribution >= 4 is 17.3 Å². The van der Waals surface area contributed by atoms with Crippen LogP contribution in [0.5, 0.6) is 0 Å². The summed E-state index contributed by atoms with van der Waals surface area (Å²) in [6, 6.07) is 5.86. The summed E-state index contributed by atoms with van der Waals surface area (Å²) in [4.78, 5) is 49.4. The zero-order chi connectivity index (χ0) is 22.0. The zero-order valence-electron chi connectivity index (χ0n) is 17.2. The Balaban J connectivity index is 2.03. The number of benzene rings is 1. The molecule has 0 saturated carbocycles. The molecule has 0 radical (unpaired) electrons. The molecule has 0 fully saturated rings. The van der Waals surface area contributed by atoms with Crippen LogP contribution >= 0.6 is 0 Å². The fourth-order valence-electron chi connectivity index (χ4n) is 4.47. The first-order valence-corrected chi connectivity index (χ1v) is 9.59. The van der Waals surface area contributed by atoms with E-state index in [1.54, 1.807) is 19.2 Å². The maximum Gasteiger partial charge on any atom is 0.332 e. The first-order chi connectivity index (χ1) is 14.0. The predicted molar refractivity (Wildman–Crippen MR) is 111 cm³/mol. The molecule has 0 spiro atoms. The molecule has 0 bridgehead atoms. The molecule has 1 aliphatic carbocycles. The van der Waals surface area contributed by atoms with Crippen LogP contribution in [-0.2, 0) is 18.9 Å². The molecular weight excluding hydrogens is 388 g/mol. The second kappa shape index (κ2) is 6.51. The van der Waals surface area contributed by atoms with Gasteiger partial charge in [-0.25, -0.2) is 4.79 Å². The molecule has 0 amide bonds. The van der Waals surface area contributed by atoms with Crippen LogP contribution in [0, 0.1) is 15.5 Å². The van der Waals surface area contributed by atoms with Crippen LogP contribution in [0.4, 0.5) is 11.5 Å². The summed E-state index contributed by atoms with van der Waals surface area (Å²) in [5.41, 5.74) is 0.763. The molecule has 4 rings (SSSR count). The Labute approximate surface area is 171 Å². The van der Waals surface area contributed by atoms with Crippen LogP contribution in [0.15, 0.2) is 45.1 Å². The van der Waals surface area contributed by atoms with E-state index in [4.69, 9.17) is 0 Å². The van der Waals surface area contributed by atoms with Gasteiger partial charge in [0.1, 0.15) is 5.82 Å². The van der Waals surface area contributed by atoms with E-state index < -0.39 is 22.1 Å². The number of anilines is 1. The Morgan fingerprint density at radius 2 is 1.70 bits per heavy atom. The minimum Gasteiger partial charge on any atom is -0.344 e. The third kappa shape index (κ3) is 2.89.